The summed E-state index contributed by atoms with van der Waals surface area (Å²) in [5.74, 6) is 1.80. The molecule has 0 aliphatic heterocycles. The molecule has 0 spiro atoms. The van der Waals surface area contributed by atoms with E-state index in [1.165, 1.54) is 19.3 Å². The summed E-state index contributed by atoms with van der Waals surface area (Å²) in [6.07, 6.45) is 10.8. The zero-order chi connectivity index (χ0) is 12.5. The van der Waals surface area contributed by atoms with Crippen LogP contribution in [0, 0.1) is 5.92 Å². The normalized spacial score (nSPS) is 17.0. The van der Waals surface area contributed by atoms with Gasteiger partial charge in [0.1, 0.15) is 4.60 Å². The first-order chi connectivity index (χ1) is 8.76. The number of fused-ring (bicyclic) bond motifs is 1. The standard InChI is InChI=1S/C13H17BrN4/c1-2-10(7-9-3-4-9)16-12-13-15-5-6-18(13)8-11(14)17-12/h5-6,8-10H,2-4,7H2,1H3,(H,16,17). The molecule has 1 N–H and O–H groups in total. The summed E-state index contributed by atoms with van der Waals surface area (Å²) in [5.41, 5.74) is 0.896. The molecule has 3 rings (SSSR count). The summed E-state index contributed by atoms with van der Waals surface area (Å²) in [5, 5.41) is 3.55. The molecule has 0 aromatic carbocycles. The third-order valence-electron chi connectivity index (χ3n) is 3.49. The third kappa shape index (κ3) is 2.51. The Labute approximate surface area is 115 Å². The van der Waals surface area contributed by atoms with Crippen LogP contribution in [0.3, 0.4) is 0 Å². The van der Waals surface area contributed by atoms with Gasteiger partial charge in [0.15, 0.2) is 11.5 Å². The molecule has 0 radical (unpaired) electrons. The molecule has 2 aromatic rings. The summed E-state index contributed by atoms with van der Waals surface area (Å²) in [6, 6.07) is 0.500. The zero-order valence-corrected chi connectivity index (χ0v) is 12.0. The van der Waals surface area contributed by atoms with Crippen molar-refractivity contribution >= 4 is 27.4 Å². The maximum absolute atomic E-state index is 4.51. The number of nitrogens with zero attached hydrogens (tertiary/aromatic N) is 3. The predicted octanol–water partition coefficient (Wildman–Crippen LogP) is 3.48. The Morgan fingerprint density at radius 3 is 3.11 bits per heavy atom. The molecule has 0 amide bonds. The lowest BCUT2D eigenvalue weighted by molar-refractivity contribution is 0.585. The van der Waals surface area contributed by atoms with E-state index in [0.29, 0.717) is 6.04 Å². The van der Waals surface area contributed by atoms with Crippen molar-refractivity contribution in [2.45, 2.75) is 38.6 Å². The minimum Gasteiger partial charge on any atom is -0.364 e. The van der Waals surface area contributed by atoms with Crippen LogP contribution in [0.15, 0.2) is 23.2 Å². The second kappa shape index (κ2) is 4.88. The maximum atomic E-state index is 4.51. The van der Waals surface area contributed by atoms with Gasteiger partial charge in [0.05, 0.1) is 0 Å². The van der Waals surface area contributed by atoms with Crippen molar-refractivity contribution < 1.29 is 0 Å². The van der Waals surface area contributed by atoms with Gasteiger partial charge in [-0.25, -0.2) is 9.97 Å². The van der Waals surface area contributed by atoms with Crippen LogP contribution in [0.4, 0.5) is 5.82 Å². The average molecular weight is 309 g/mol. The first-order valence-electron chi connectivity index (χ1n) is 6.52. The summed E-state index contributed by atoms with van der Waals surface area (Å²) < 4.78 is 2.82. The molecule has 1 atom stereocenters. The predicted molar refractivity (Wildman–Crippen MR) is 75.7 cm³/mol. The van der Waals surface area contributed by atoms with Gasteiger partial charge in [0.25, 0.3) is 0 Å². The first kappa shape index (κ1) is 12.0. The van der Waals surface area contributed by atoms with E-state index < -0.39 is 0 Å². The van der Waals surface area contributed by atoms with E-state index in [0.717, 1.165) is 28.4 Å². The van der Waals surface area contributed by atoms with Crippen LogP contribution in [0.2, 0.25) is 0 Å². The molecule has 4 nitrogen and oxygen atoms in total. The minimum absolute atomic E-state index is 0.500. The van der Waals surface area contributed by atoms with Crippen LogP contribution in [0.1, 0.15) is 32.6 Å². The van der Waals surface area contributed by atoms with Gasteiger partial charge in [-0.15, -0.1) is 0 Å². The fraction of sp³-hybridized carbons (Fsp3) is 0.538. The molecule has 18 heavy (non-hydrogen) atoms. The van der Waals surface area contributed by atoms with E-state index in [1.54, 1.807) is 6.20 Å². The van der Waals surface area contributed by atoms with Crippen LogP contribution in [-0.2, 0) is 0 Å². The highest BCUT2D eigenvalue weighted by Crippen LogP contribution is 2.35. The Balaban J connectivity index is 1.85. The highest BCUT2D eigenvalue weighted by molar-refractivity contribution is 9.10. The van der Waals surface area contributed by atoms with Gasteiger partial charge in [-0.1, -0.05) is 19.8 Å². The fourth-order valence-corrected chi connectivity index (χ4v) is 2.67. The molecular weight excluding hydrogens is 292 g/mol. The SMILES string of the molecule is CCC(CC1CC1)Nc1nc(Br)cn2ccnc12. The Morgan fingerprint density at radius 2 is 2.39 bits per heavy atom. The molecule has 2 aromatic heterocycles. The summed E-state index contributed by atoms with van der Waals surface area (Å²) in [7, 11) is 0. The lowest BCUT2D eigenvalue weighted by atomic mass is 10.1. The lowest BCUT2D eigenvalue weighted by Gasteiger charge is -2.17. The van der Waals surface area contributed by atoms with Crippen LogP contribution >= 0.6 is 15.9 Å². The molecule has 0 saturated heterocycles. The first-order valence-corrected chi connectivity index (χ1v) is 7.31. The maximum Gasteiger partial charge on any atom is 0.180 e. The van der Waals surface area contributed by atoms with Crippen LogP contribution in [0.25, 0.3) is 5.65 Å². The zero-order valence-electron chi connectivity index (χ0n) is 10.4. The summed E-state index contributed by atoms with van der Waals surface area (Å²) in [4.78, 5) is 8.87. The quantitative estimate of drug-likeness (QED) is 0.919. The van der Waals surface area contributed by atoms with Gasteiger partial charge in [-0.2, -0.15) is 0 Å². The van der Waals surface area contributed by atoms with Gasteiger partial charge in [-0.05, 0) is 34.7 Å². The lowest BCUT2D eigenvalue weighted by Crippen LogP contribution is -2.20. The summed E-state index contributed by atoms with van der Waals surface area (Å²) in [6.45, 7) is 2.22. The van der Waals surface area contributed by atoms with Crippen LogP contribution in [-0.4, -0.2) is 20.4 Å². The highest BCUT2D eigenvalue weighted by Gasteiger charge is 2.25. The van der Waals surface area contributed by atoms with Crippen molar-refractivity contribution in [2.75, 3.05) is 5.32 Å². The molecule has 1 saturated carbocycles. The molecule has 1 fully saturated rings. The van der Waals surface area contributed by atoms with Gasteiger partial charge in [-0.3, -0.25) is 0 Å². The van der Waals surface area contributed by atoms with E-state index in [1.807, 2.05) is 16.8 Å². The number of hydrogen-bond acceptors (Lipinski definition) is 3. The number of anilines is 1. The Morgan fingerprint density at radius 1 is 1.56 bits per heavy atom. The summed E-state index contributed by atoms with van der Waals surface area (Å²) >= 11 is 3.44. The number of imidazole rings is 1. The van der Waals surface area contributed by atoms with Crippen LogP contribution in [0.5, 0.6) is 0 Å². The van der Waals surface area contributed by atoms with E-state index in [-0.39, 0.29) is 0 Å². The average Bonchev–Trinajstić information content (AvgIpc) is 3.03. The van der Waals surface area contributed by atoms with Crippen molar-refractivity contribution in [3.63, 3.8) is 0 Å². The van der Waals surface area contributed by atoms with E-state index >= 15 is 0 Å². The minimum atomic E-state index is 0.500. The molecule has 1 aliphatic rings. The van der Waals surface area contributed by atoms with E-state index in [2.05, 4.69) is 38.1 Å². The van der Waals surface area contributed by atoms with Gasteiger partial charge in [0, 0.05) is 24.6 Å². The topological polar surface area (TPSA) is 42.2 Å². The van der Waals surface area contributed by atoms with E-state index in [4.69, 9.17) is 0 Å². The molecule has 2 heterocycles. The smallest absolute Gasteiger partial charge is 0.180 e. The van der Waals surface area contributed by atoms with Crippen molar-refractivity contribution in [1.29, 1.82) is 0 Å². The molecule has 96 valence electrons. The Bertz CT molecular complexity index is 547. The molecular formula is C13H17BrN4. The number of aromatic nitrogens is 3. The van der Waals surface area contributed by atoms with Crippen molar-refractivity contribution in [3.05, 3.63) is 23.2 Å². The highest BCUT2D eigenvalue weighted by atomic mass is 79.9. The largest absolute Gasteiger partial charge is 0.364 e. The Kier molecular flexibility index (Phi) is 3.24. The molecule has 1 aliphatic carbocycles. The number of rotatable bonds is 5. The van der Waals surface area contributed by atoms with E-state index in [9.17, 15) is 0 Å². The third-order valence-corrected chi connectivity index (χ3v) is 3.88. The number of nitrogens with one attached hydrogen (secondary N) is 1. The van der Waals surface area contributed by atoms with Gasteiger partial charge < -0.3 is 9.72 Å². The van der Waals surface area contributed by atoms with Gasteiger partial charge >= 0.3 is 0 Å². The van der Waals surface area contributed by atoms with Crippen LogP contribution < -0.4 is 5.32 Å². The molecule has 0 bridgehead atoms. The Hall–Kier alpha value is -1.10. The van der Waals surface area contributed by atoms with Crippen molar-refractivity contribution in [1.82, 2.24) is 14.4 Å². The molecule has 5 heteroatoms. The second-order valence-electron chi connectivity index (χ2n) is 5.00. The number of halogens is 1. The van der Waals surface area contributed by atoms with Crippen molar-refractivity contribution in [3.8, 4) is 0 Å². The monoisotopic (exact) mass is 308 g/mol. The molecule has 1 unspecified atom stereocenters. The van der Waals surface area contributed by atoms with Crippen molar-refractivity contribution in [2.24, 2.45) is 5.92 Å². The van der Waals surface area contributed by atoms with Gasteiger partial charge in [0.2, 0.25) is 0 Å². The fourth-order valence-electron chi connectivity index (χ4n) is 2.27. The number of hydrogen-bond donors (Lipinski definition) is 1. The second-order valence-corrected chi connectivity index (χ2v) is 5.81.